The number of aliphatic hydroxyl groups excluding tert-OH is 1. The van der Waals surface area contributed by atoms with Gasteiger partial charge in [0.15, 0.2) is 0 Å². The van der Waals surface area contributed by atoms with Gasteiger partial charge in [0.2, 0.25) is 0 Å². The van der Waals surface area contributed by atoms with Crippen molar-refractivity contribution in [3.05, 3.63) is 29.8 Å². The van der Waals surface area contributed by atoms with Crippen molar-refractivity contribution in [2.24, 2.45) is 17.6 Å². The van der Waals surface area contributed by atoms with Gasteiger partial charge in [-0.25, -0.2) is 0 Å². The molecule has 3 nitrogen and oxygen atoms in total. The summed E-state index contributed by atoms with van der Waals surface area (Å²) in [7, 11) is 0. The van der Waals surface area contributed by atoms with Crippen molar-refractivity contribution < 1.29 is 9.84 Å². The molecular weight excluding hydrogens is 214 g/mol. The van der Waals surface area contributed by atoms with Crippen LogP contribution >= 0.6 is 0 Å². The second-order valence-electron chi connectivity index (χ2n) is 4.44. The quantitative estimate of drug-likeness (QED) is 0.760. The maximum absolute atomic E-state index is 9.19. The molecule has 0 aromatic heterocycles. The first-order chi connectivity index (χ1) is 8.21. The third kappa shape index (κ3) is 4.36. The second kappa shape index (κ2) is 7.30. The number of ether oxygens (including phenoxy) is 1. The maximum Gasteiger partial charge on any atom is 0.119 e. The standard InChI is InChI=1S/C14H23NO2/c1-3-17-14-6-4-12(5-7-14)8-11(2)13(9-15)10-16/h4-7,11,13,16H,3,8-10,15H2,1-2H3. The Morgan fingerprint density at radius 1 is 1.29 bits per heavy atom. The van der Waals surface area contributed by atoms with Gasteiger partial charge in [-0.3, -0.25) is 0 Å². The molecule has 0 radical (unpaired) electrons. The van der Waals surface area contributed by atoms with Crippen LogP contribution in [0.25, 0.3) is 0 Å². The van der Waals surface area contributed by atoms with E-state index >= 15 is 0 Å². The van der Waals surface area contributed by atoms with Crippen LogP contribution in [0.15, 0.2) is 24.3 Å². The zero-order valence-electron chi connectivity index (χ0n) is 10.7. The first kappa shape index (κ1) is 14.0. The van der Waals surface area contributed by atoms with E-state index in [0.717, 1.165) is 12.2 Å². The van der Waals surface area contributed by atoms with Crippen LogP contribution in [-0.4, -0.2) is 24.9 Å². The molecule has 1 aromatic rings. The van der Waals surface area contributed by atoms with Crippen molar-refractivity contribution in [2.45, 2.75) is 20.3 Å². The van der Waals surface area contributed by atoms with Crippen molar-refractivity contribution in [1.29, 1.82) is 0 Å². The van der Waals surface area contributed by atoms with Crippen LogP contribution in [-0.2, 0) is 6.42 Å². The third-order valence-corrected chi connectivity index (χ3v) is 3.13. The highest BCUT2D eigenvalue weighted by Crippen LogP contribution is 2.19. The first-order valence-corrected chi connectivity index (χ1v) is 6.23. The summed E-state index contributed by atoms with van der Waals surface area (Å²) in [6.45, 7) is 5.49. The molecule has 0 saturated carbocycles. The Labute approximate surface area is 104 Å². The molecular formula is C14H23NO2. The predicted octanol–water partition coefficient (Wildman–Crippen LogP) is 1.83. The molecule has 0 aliphatic rings. The minimum Gasteiger partial charge on any atom is -0.494 e. The van der Waals surface area contributed by atoms with E-state index in [1.54, 1.807) is 0 Å². The van der Waals surface area contributed by atoms with Gasteiger partial charge in [0.1, 0.15) is 5.75 Å². The number of nitrogens with two attached hydrogens (primary N) is 1. The average molecular weight is 237 g/mol. The van der Waals surface area contributed by atoms with Crippen molar-refractivity contribution >= 4 is 0 Å². The van der Waals surface area contributed by atoms with Gasteiger partial charge in [-0.2, -0.15) is 0 Å². The molecule has 0 bridgehead atoms. The van der Waals surface area contributed by atoms with Crippen LogP contribution in [0.3, 0.4) is 0 Å². The predicted molar refractivity (Wildman–Crippen MR) is 70.1 cm³/mol. The molecule has 0 amide bonds. The number of benzene rings is 1. The van der Waals surface area contributed by atoms with Crippen molar-refractivity contribution in [3.8, 4) is 5.75 Å². The SMILES string of the molecule is CCOc1ccc(CC(C)C(CN)CO)cc1. The van der Waals surface area contributed by atoms with Crippen LogP contribution in [0.1, 0.15) is 19.4 Å². The fraction of sp³-hybridized carbons (Fsp3) is 0.571. The van der Waals surface area contributed by atoms with Crippen molar-refractivity contribution in [2.75, 3.05) is 19.8 Å². The van der Waals surface area contributed by atoms with Crippen molar-refractivity contribution in [3.63, 3.8) is 0 Å². The molecule has 1 rings (SSSR count). The van der Waals surface area contributed by atoms with E-state index in [2.05, 4.69) is 19.1 Å². The summed E-state index contributed by atoms with van der Waals surface area (Å²) < 4.78 is 5.40. The largest absolute Gasteiger partial charge is 0.494 e. The van der Waals surface area contributed by atoms with Gasteiger partial charge in [-0.15, -0.1) is 0 Å². The highest BCUT2D eigenvalue weighted by molar-refractivity contribution is 5.27. The Bertz CT molecular complexity index is 307. The Balaban J connectivity index is 2.56. The summed E-state index contributed by atoms with van der Waals surface area (Å²) in [5.74, 6) is 1.48. The van der Waals surface area contributed by atoms with Crippen LogP contribution in [0, 0.1) is 11.8 Å². The van der Waals surface area contributed by atoms with Crippen LogP contribution in [0.5, 0.6) is 5.75 Å². The topological polar surface area (TPSA) is 55.5 Å². The Morgan fingerprint density at radius 3 is 2.41 bits per heavy atom. The molecule has 0 saturated heterocycles. The lowest BCUT2D eigenvalue weighted by Gasteiger charge is -2.20. The van der Waals surface area contributed by atoms with E-state index in [9.17, 15) is 5.11 Å². The molecule has 96 valence electrons. The number of hydrogen-bond donors (Lipinski definition) is 2. The summed E-state index contributed by atoms with van der Waals surface area (Å²) in [4.78, 5) is 0. The fourth-order valence-electron chi connectivity index (χ4n) is 1.91. The second-order valence-corrected chi connectivity index (χ2v) is 4.44. The summed E-state index contributed by atoms with van der Waals surface area (Å²) in [6.07, 6.45) is 0.939. The van der Waals surface area contributed by atoms with Gasteiger partial charge in [-0.1, -0.05) is 19.1 Å². The Morgan fingerprint density at radius 2 is 1.94 bits per heavy atom. The zero-order chi connectivity index (χ0) is 12.7. The van der Waals surface area contributed by atoms with E-state index in [4.69, 9.17) is 10.5 Å². The summed E-state index contributed by atoms with van der Waals surface area (Å²) in [6, 6.07) is 8.13. The molecule has 0 aliphatic heterocycles. The van der Waals surface area contributed by atoms with Crippen molar-refractivity contribution in [1.82, 2.24) is 0 Å². The number of rotatable bonds is 7. The van der Waals surface area contributed by atoms with Crippen LogP contribution < -0.4 is 10.5 Å². The molecule has 0 spiro atoms. The molecule has 0 aliphatic carbocycles. The van der Waals surface area contributed by atoms with E-state index in [-0.39, 0.29) is 12.5 Å². The average Bonchev–Trinajstić information content (AvgIpc) is 2.33. The van der Waals surface area contributed by atoms with Gasteiger partial charge in [0.05, 0.1) is 6.61 Å². The smallest absolute Gasteiger partial charge is 0.119 e. The number of aliphatic hydroxyl groups is 1. The van der Waals surface area contributed by atoms with Gasteiger partial charge >= 0.3 is 0 Å². The summed E-state index contributed by atoms with van der Waals surface area (Å²) in [5, 5.41) is 9.19. The van der Waals surface area contributed by atoms with E-state index in [1.807, 2.05) is 19.1 Å². The lowest BCUT2D eigenvalue weighted by atomic mass is 9.89. The lowest BCUT2D eigenvalue weighted by Crippen LogP contribution is -2.26. The highest BCUT2D eigenvalue weighted by Gasteiger charge is 2.15. The van der Waals surface area contributed by atoms with Crippen LogP contribution in [0.4, 0.5) is 0 Å². The Hall–Kier alpha value is -1.06. The molecule has 3 N–H and O–H groups in total. The van der Waals surface area contributed by atoms with Crippen LogP contribution in [0.2, 0.25) is 0 Å². The minimum absolute atomic E-state index is 0.161. The normalized spacial score (nSPS) is 14.4. The van der Waals surface area contributed by atoms with E-state index in [0.29, 0.717) is 19.1 Å². The zero-order valence-corrected chi connectivity index (χ0v) is 10.7. The molecule has 0 fully saturated rings. The van der Waals surface area contributed by atoms with E-state index in [1.165, 1.54) is 5.56 Å². The summed E-state index contributed by atoms with van der Waals surface area (Å²) in [5.41, 5.74) is 6.88. The first-order valence-electron chi connectivity index (χ1n) is 6.23. The minimum atomic E-state index is 0.161. The molecule has 3 heteroatoms. The van der Waals surface area contributed by atoms with Gasteiger partial charge in [-0.05, 0) is 49.4 Å². The summed E-state index contributed by atoms with van der Waals surface area (Å²) >= 11 is 0. The molecule has 1 aromatic carbocycles. The third-order valence-electron chi connectivity index (χ3n) is 3.13. The maximum atomic E-state index is 9.19. The van der Waals surface area contributed by atoms with E-state index < -0.39 is 0 Å². The molecule has 2 unspecified atom stereocenters. The fourth-order valence-corrected chi connectivity index (χ4v) is 1.91. The highest BCUT2D eigenvalue weighted by atomic mass is 16.5. The molecule has 2 atom stereocenters. The number of hydrogen-bond acceptors (Lipinski definition) is 3. The molecule has 17 heavy (non-hydrogen) atoms. The van der Waals surface area contributed by atoms with Gasteiger partial charge < -0.3 is 15.6 Å². The Kier molecular flexibility index (Phi) is 6.01. The molecule has 0 heterocycles. The van der Waals surface area contributed by atoms with Gasteiger partial charge in [0, 0.05) is 6.61 Å². The van der Waals surface area contributed by atoms with Gasteiger partial charge in [0.25, 0.3) is 0 Å². The lowest BCUT2D eigenvalue weighted by molar-refractivity contribution is 0.187. The monoisotopic (exact) mass is 237 g/mol.